The van der Waals surface area contributed by atoms with Crippen molar-refractivity contribution in [3.8, 4) is 0 Å². The van der Waals surface area contributed by atoms with Crippen LogP contribution in [0.15, 0.2) is 24.3 Å². The minimum absolute atomic E-state index is 0.000776. The Hall–Kier alpha value is -2.37. The molecule has 25 heavy (non-hydrogen) atoms. The van der Waals surface area contributed by atoms with Crippen LogP contribution in [0.1, 0.15) is 60.7 Å². The van der Waals surface area contributed by atoms with Crippen LogP contribution < -0.4 is 0 Å². The Labute approximate surface area is 147 Å². The van der Waals surface area contributed by atoms with Crippen LogP contribution in [0.3, 0.4) is 0 Å². The van der Waals surface area contributed by atoms with E-state index in [1.54, 1.807) is 29.2 Å². The first-order chi connectivity index (χ1) is 11.8. The third-order valence-corrected chi connectivity index (χ3v) is 4.57. The summed E-state index contributed by atoms with van der Waals surface area (Å²) in [5.74, 6) is -0.496. The molecule has 0 aliphatic carbocycles. The van der Waals surface area contributed by atoms with Crippen LogP contribution in [0, 0.1) is 0 Å². The zero-order valence-corrected chi connectivity index (χ0v) is 14.9. The van der Waals surface area contributed by atoms with Crippen LogP contribution in [0.4, 0.5) is 4.79 Å². The molecule has 2 aliphatic rings. The number of ether oxygens (including phenoxy) is 1. The summed E-state index contributed by atoms with van der Waals surface area (Å²) in [5.41, 5.74) is 0.387. The molecule has 1 unspecified atom stereocenters. The van der Waals surface area contributed by atoms with Crippen LogP contribution >= 0.6 is 0 Å². The maximum absolute atomic E-state index is 12.4. The lowest BCUT2D eigenvalue weighted by atomic mass is 10.1. The summed E-state index contributed by atoms with van der Waals surface area (Å²) >= 11 is 0. The van der Waals surface area contributed by atoms with Crippen molar-refractivity contribution in [2.24, 2.45) is 0 Å². The first-order valence-corrected chi connectivity index (χ1v) is 8.73. The SMILES string of the molecule is CC(C)(C)OC(=O)N1CCCC1CCN1C(=O)c2ccccc2C1=O. The van der Waals surface area contributed by atoms with Gasteiger partial charge in [-0.05, 0) is 52.2 Å². The summed E-state index contributed by atoms with van der Waals surface area (Å²) in [5, 5.41) is 0. The molecule has 1 aromatic rings. The van der Waals surface area contributed by atoms with E-state index in [0.29, 0.717) is 30.6 Å². The lowest BCUT2D eigenvalue weighted by Gasteiger charge is -2.29. The molecule has 1 aromatic carbocycles. The van der Waals surface area contributed by atoms with Crippen LogP contribution in [-0.2, 0) is 4.74 Å². The lowest BCUT2D eigenvalue weighted by Crippen LogP contribution is -2.42. The van der Waals surface area contributed by atoms with Gasteiger partial charge in [0.2, 0.25) is 0 Å². The highest BCUT2D eigenvalue weighted by molar-refractivity contribution is 6.21. The fraction of sp³-hybridized carbons (Fsp3) is 0.526. The summed E-state index contributed by atoms with van der Waals surface area (Å²) in [6.07, 6.45) is 2.02. The van der Waals surface area contributed by atoms with Gasteiger partial charge >= 0.3 is 6.09 Å². The monoisotopic (exact) mass is 344 g/mol. The highest BCUT2D eigenvalue weighted by atomic mass is 16.6. The van der Waals surface area contributed by atoms with Crippen molar-refractivity contribution in [2.45, 2.75) is 51.7 Å². The first kappa shape index (κ1) is 17.5. The molecule has 0 radical (unpaired) electrons. The summed E-state index contributed by atoms with van der Waals surface area (Å²) in [6, 6.07) is 6.87. The van der Waals surface area contributed by atoms with E-state index in [0.717, 1.165) is 12.8 Å². The number of amides is 3. The Morgan fingerprint density at radius 1 is 1.16 bits per heavy atom. The zero-order valence-electron chi connectivity index (χ0n) is 14.9. The molecule has 1 fully saturated rings. The van der Waals surface area contributed by atoms with Gasteiger partial charge < -0.3 is 9.64 Å². The van der Waals surface area contributed by atoms with Crippen LogP contribution in [0.2, 0.25) is 0 Å². The summed E-state index contributed by atoms with van der Waals surface area (Å²) in [6.45, 7) is 6.50. The number of hydrogen-bond acceptors (Lipinski definition) is 4. The van der Waals surface area contributed by atoms with Crippen LogP contribution in [0.5, 0.6) is 0 Å². The second kappa shape index (κ2) is 6.50. The molecule has 0 spiro atoms. The number of nitrogens with zero attached hydrogens (tertiary/aromatic N) is 2. The number of imide groups is 1. The van der Waals surface area contributed by atoms with Crippen molar-refractivity contribution in [3.63, 3.8) is 0 Å². The summed E-state index contributed by atoms with van der Waals surface area (Å²) in [7, 11) is 0. The first-order valence-electron chi connectivity index (χ1n) is 8.73. The number of carbonyl (C=O) groups is 3. The molecule has 0 bridgehead atoms. The topological polar surface area (TPSA) is 66.9 Å². The molecule has 3 amide bonds. The Kier molecular flexibility index (Phi) is 4.54. The van der Waals surface area contributed by atoms with Crippen LogP contribution in [0.25, 0.3) is 0 Å². The van der Waals surface area contributed by atoms with Gasteiger partial charge in [-0.25, -0.2) is 4.79 Å². The quantitative estimate of drug-likeness (QED) is 0.790. The van der Waals surface area contributed by atoms with Crippen molar-refractivity contribution < 1.29 is 19.1 Å². The van der Waals surface area contributed by atoms with Crippen molar-refractivity contribution in [1.29, 1.82) is 0 Å². The van der Waals surface area contributed by atoms with Gasteiger partial charge in [0, 0.05) is 19.1 Å². The fourth-order valence-electron chi connectivity index (χ4n) is 3.42. The molecule has 1 atom stereocenters. The second-order valence-electron chi connectivity index (χ2n) is 7.57. The van der Waals surface area contributed by atoms with E-state index in [1.807, 2.05) is 20.8 Å². The lowest BCUT2D eigenvalue weighted by molar-refractivity contribution is 0.0216. The van der Waals surface area contributed by atoms with Gasteiger partial charge in [0.25, 0.3) is 11.8 Å². The minimum Gasteiger partial charge on any atom is -0.444 e. The van der Waals surface area contributed by atoms with Crippen molar-refractivity contribution in [1.82, 2.24) is 9.80 Å². The largest absolute Gasteiger partial charge is 0.444 e. The average molecular weight is 344 g/mol. The van der Waals surface area contributed by atoms with E-state index in [1.165, 1.54) is 4.90 Å². The third kappa shape index (κ3) is 3.52. The van der Waals surface area contributed by atoms with Gasteiger partial charge in [-0.1, -0.05) is 12.1 Å². The van der Waals surface area contributed by atoms with E-state index in [-0.39, 0.29) is 23.9 Å². The Morgan fingerprint density at radius 3 is 2.32 bits per heavy atom. The van der Waals surface area contributed by atoms with Crippen LogP contribution in [-0.4, -0.2) is 52.4 Å². The van der Waals surface area contributed by atoms with Crippen molar-refractivity contribution in [2.75, 3.05) is 13.1 Å². The average Bonchev–Trinajstić information content (AvgIpc) is 3.09. The maximum Gasteiger partial charge on any atom is 0.410 e. The number of benzene rings is 1. The molecule has 1 saturated heterocycles. The van der Waals surface area contributed by atoms with Gasteiger partial charge in [0.15, 0.2) is 0 Å². The Morgan fingerprint density at radius 2 is 1.76 bits per heavy atom. The molecule has 2 heterocycles. The van der Waals surface area contributed by atoms with E-state index in [4.69, 9.17) is 4.74 Å². The van der Waals surface area contributed by atoms with Gasteiger partial charge in [-0.15, -0.1) is 0 Å². The predicted octanol–water partition coefficient (Wildman–Crippen LogP) is 3.07. The molecule has 2 aliphatic heterocycles. The zero-order chi connectivity index (χ0) is 18.2. The maximum atomic E-state index is 12.4. The standard InChI is InChI=1S/C19H24N2O4/c1-19(2,3)25-18(24)20-11-6-7-13(20)10-12-21-16(22)14-8-4-5-9-15(14)17(21)23/h4-5,8-9,13H,6-7,10-12H2,1-3H3. The second-order valence-corrected chi connectivity index (χ2v) is 7.57. The fourth-order valence-corrected chi connectivity index (χ4v) is 3.42. The normalized spacial score (nSPS) is 20.2. The Balaban J connectivity index is 1.63. The molecule has 6 heteroatoms. The summed E-state index contributed by atoms with van der Waals surface area (Å²) < 4.78 is 5.46. The number of likely N-dealkylation sites (tertiary alicyclic amines) is 1. The van der Waals surface area contributed by atoms with Gasteiger partial charge in [-0.3, -0.25) is 14.5 Å². The molecular weight excluding hydrogens is 320 g/mol. The highest BCUT2D eigenvalue weighted by Crippen LogP contribution is 2.26. The van der Waals surface area contributed by atoms with Crippen molar-refractivity contribution in [3.05, 3.63) is 35.4 Å². The third-order valence-electron chi connectivity index (χ3n) is 4.57. The number of hydrogen-bond donors (Lipinski definition) is 0. The Bertz CT molecular complexity index is 673. The highest BCUT2D eigenvalue weighted by Gasteiger charge is 2.37. The molecule has 0 saturated carbocycles. The number of fused-ring (bicyclic) bond motifs is 1. The predicted molar refractivity (Wildman–Crippen MR) is 92.4 cm³/mol. The minimum atomic E-state index is -0.535. The van der Waals surface area contributed by atoms with E-state index in [2.05, 4.69) is 0 Å². The molecule has 0 N–H and O–H groups in total. The molecule has 3 rings (SSSR count). The van der Waals surface area contributed by atoms with E-state index < -0.39 is 5.60 Å². The van der Waals surface area contributed by atoms with Gasteiger partial charge in [0.1, 0.15) is 5.60 Å². The summed E-state index contributed by atoms with van der Waals surface area (Å²) in [4.78, 5) is 40.2. The van der Waals surface area contributed by atoms with E-state index in [9.17, 15) is 14.4 Å². The van der Waals surface area contributed by atoms with Gasteiger partial charge in [0.05, 0.1) is 11.1 Å². The smallest absolute Gasteiger partial charge is 0.410 e. The molecule has 0 aromatic heterocycles. The molecule has 134 valence electrons. The van der Waals surface area contributed by atoms with Crippen molar-refractivity contribution >= 4 is 17.9 Å². The van der Waals surface area contributed by atoms with Gasteiger partial charge in [-0.2, -0.15) is 0 Å². The molecule has 6 nitrogen and oxygen atoms in total. The molecular formula is C19H24N2O4. The number of rotatable bonds is 3. The number of carbonyl (C=O) groups excluding carboxylic acids is 3. The van der Waals surface area contributed by atoms with E-state index >= 15 is 0 Å².